The lowest BCUT2D eigenvalue weighted by molar-refractivity contribution is 1.16. The summed E-state index contributed by atoms with van der Waals surface area (Å²) < 4.78 is 1.15. The zero-order valence-corrected chi connectivity index (χ0v) is 10.9. The van der Waals surface area contributed by atoms with Gasteiger partial charge in [0.15, 0.2) is 0 Å². The smallest absolute Gasteiger partial charge is 0.0490 e. The maximum Gasteiger partial charge on any atom is 0.0490 e. The van der Waals surface area contributed by atoms with Crippen LogP contribution in [0.3, 0.4) is 0 Å². The number of hydrogen-bond acceptors (Lipinski definition) is 2. The first-order chi connectivity index (χ1) is 7.27. The van der Waals surface area contributed by atoms with Crippen LogP contribution in [0.2, 0.25) is 0 Å². The van der Waals surface area contributed by atoms with Crippen molar-refractivity contribution in [3.63, 3.8) is 0 Å². The van der Waals surface area contributed by atoms with E-state index in [2.05, 4.69) is 63.2 Å². The maximum atomic E-state index is 3.58. The molecule has 0 saturated carbocycles. The molecule has 3 heteroatoms. The molecule has 2 rings (SSSR count). The van der Waals surface area contributed by atoms with E-state index < -0.39 is 0 Å². The first kappa shape index (κ1) is 10.7. The van der Waals surface area contributed by atoms with Crippen LogP contribution in [0.4, 0.5) is 5.69 Å². The molecule has 0 unspecified atom stereocenters. The van der Waals surface area contributed by atoms with E-state index in [1.165, 1.54) is 11.1 Å². The van der Waals surface area contributed by atoms with Gasteiger partial charge in [-0.1, -0.05) is 12.1 Å². The van der Waals surface area contributed by atoms with Gasteiger partial charge in [0, 0.05) is 16.7 Å². The minimum Gasteiger partial charge on any atom is -0.380 e. The molecule has 1 heterocycles. The second-order valence-corrected chi connectivity index (χ2v) is 4.99. The van der Waals surface area contributed by atoms with Crippen LogP contribution in [0.1, 0.15) is 11.1 Å². The van der Waals surface area contributed by atoms with E-state index in [9.17, 15) is 0 Å². The number of hydrogen-bond donors (Lipinski definition) is 1. The van der Waals surface area contributed by atoms with Gasteiger partial charge in [-0.3, -0.25) is 0 Å². The highest BCUT2D eigenvalue weighted by molar-refractivity contribution is 9.10. The number of anilines is 1. The van der Waals surface area contributed by atoms with Crippen LogP contribution in [0.15, 0.2) is 39.5 Å². The molecule has 0 spiro atoms. The Labute approximate surface area is 102 Å². The Morgan fingerprint density at radius 1 is 1.33 bits per heavy atom. The zero-order valence-electron chi connectivity index (χ0n) is 8.46. The van der Waals surface area contributed by atoms with Gasteiger partial charge in [-0.25, -0.2) is 0 Å². The number of benzene rings is 1. The number of halogens is 1. The van der Waals surface area contributed by atoms with Crippen LogP contribution < -0.4 is 5.32 Å². The molecular formula is C12H12BrNS. The van der Waals surface area contributed by atoms with Crippen LogP contribution >= 0.6 is 27.3 Å². The number of thiophene rings is 1. The standard InChI is InChI=1S/C12H12BrNS/c1-9-3-2-4-11(12(9)13)14-7-10-5-6-15-8-10/h2-6,8,14H,7H2,1H3. The minimum atomic E-state index is 0.881. The zero-order chi connectivity index (χ0) is 10.7. The molecule has 0 atom stereocenters. The summed E-state index contributed by atoms with van der Waals surface area (Å²) >= 11 is 5.31. The van der Waals surface area contributed by atoms with Crippen molar-refractivity contribution < 1.29 is 0 Å². The second kappa shape index (κ2) is 4.81. The molecule has 1 aromatic carbocycles. The predicted octanol–water partition coefficient (Wildman–Crippen LogP) is 4.43. The van der Waals surface area contributed by atoms with Crippen molar-refractivity contribution in [3.8, 4) is 0 Å². The largest absolute Gasteiger partial charge is 0.380 e. The highest BCUT2D eigenvalue weighted by Crippen LogP contribution is 2.26. The number of rotatable bonds is 3. The molecule has 0 aliphatic heterocycles. The summed E-state index contributed by atoms with van der Waals surface area (Å²) in [4.78, 5) is 0. The number of nitrogens with one attached hydrogen (secondary N) is 1. The summed E-state index contributed by atoms with van der Waals surface area (Å²) in [5.74, 6) is 0. The fourth-order valence-electron chi connectivity index (χ4n) is 1.37. The average molecular weight is 282 g/mol. The van der Waals surface area contributed by atoms with Crippen molar-refractivity contribution in [1.29, 1.82) is 0 Å². The molecule has 0 fully saturated rings. The molecule has 78 valence electrons. The first-order valence-electron chi connectivity index (χ1n) is 4.77. The Balaban J connectivity index is 2.08. The lowest BCUT2D eigenvalue weighted by atomic mass is 10.2. The van der Waals surface area contributed by atoms with Crippen molar-refractivity contribution in [2.45, 2.75) is 13.5 Å². The average Bonchev–Trinajstić information content (AvgIpc) is 2.73. The van der Waals surface area contributed by atoms with Gasteiger partial charge in [-0.15, -0.1) is 0 Å². The highest BCUT2D eigenvalue weighted by Gasteiger charge is 2.01. The van der Waals surface area contributed by atoms with Gasteiger partial charge in [0.1, 0.15) is 0 Å². The summed E-state index contributed by atoms with van der Waals surface area (Å²) in [6.45, 7) is 2.98. The Morgan fingerprint density at radius 3 is 2.93 bits per heavy atom. The van der Waals surface area contributed by atoms with E-state index in [1.54, 1.807) is 11.3 Å². The van der Waals surface area contributed by atoms with Crippen molar-refractivity contribution in [1.82, 2.24) is 0 Å². The third kappa shape index (κ3) is 2.61. The van der Waals surface area contributed by atoms with E-state index in [1.807, 2.05) is 0 Å². The topological polar surface area (TPSA) is 12.0 Å². The van der Waals surface area contributed by atoms with E-state index >= 15 is 0 Å². The van der Waals surface area contributed by atoms with Gasteiger partial charge in [0.2, 0.25) is 0 Å². The van der Waals surface area contributed by atoms with Crippen LogP contribution in [0.25, 0.3) is 0 Å². The molecule has 1 aromatic heterocycles. The van der Waals surface area contributed by atoms with Gasteiger partial charge in [-0.2, -0.15) is 11.3 Å². The molecule has 0 radical (unpaired) electrons. The predicted molar refractivity (Wildman–Crippen MR) is 70.5 cm³/mol. The fraction of sp³-hybridized carbons (Fsp3) is 0.167. The summed E-state index contributed by atoms with van der Waals surface area (Å²) in [6.07, 6.45) is 0. The number of aryl methyl sites for hydroxylation is 1. The Bertz CT molecular complexity index is 437. The van der Waals surface area contributed by atoms with Gasteiger partial charge < -0.3 is 5.32 Å². The lowest BCUT2D eigenvalue weighted by Crippen LogP contribution is -1.99. The molecule has 0 saturated heterocycles. The third-order valence-corrected chi connectivity index (χ3v) is 4.04. The molecule has 1 N–H and O–H groups in total. The summed E-state index contributed by atoms with van der Waals surface area (Å²) in [7, 11) is 0. The molecule has 0 bridgehead atoms. The maximum absolute atomic E-state index is 3.58. The normalized spacial score (nSPS) is 10.3. The van der Waals surface area contributed by atoms with E-state index in [4.69, 9.17) is 0 Å². The van der Waals surface area contributed by atoms with E-state index in [0.717, 1.165) is 16.7 Å². The highest BCUT2D eigenvalue weighted by atomic mass is 79.9. The third-order valence-electron chi connectivity index (χ3n) is 2.25. The molecule has 1 nitrogen and oxygen atoms in total. The van der Waals surface area contributed by atoms with E-state index in [0.29, 0.717) is 0 Å². The van der Waals surface area contributed by atoms with Gasteiger partial charge in [0.25, 0.3) is 0 Å². The fourth-order valence-corrected chi connectivity index (χ4v) is 2.45. The van der Waals surface area contributed by atoms with Crippen LogP contribution in [0.5, 0.6) is 0 Å². The first-order valence-corrected chi connectivity index (χ1v) is 6.51. The summed E-state index contributed by atoms with van der Waals surface area (Å²) in [5, 5.41) is 7.68. The van der Waals surface area contributed by atoms with Crippen LogP contribution in [-0.4, -0.2) is 0 Å². The SMILES string of the molecule is Cc1cccc(NCc2ccsc2)c1Br. The van der Waals surface area contributed by atoms with Crippen molar-refractivity contribution in [3.05, 3.63) is 50.6 Å². The van der Waals surface area contributed by atoms with Crippen molar-refractivity contribution in [2.24, 2.45) is 0 Å². The quantitative estimate of drug-likeness (QED) is 0.878. The Hall–Kier alpha value is -0.800. The Kier molecular flexibility index (Phi) is 3.44. The molecule has 0 aliphatic rings. The molecule has 2 aromatic rings. The van der Waals surface area contributed by atoms with Crippen molar-refractivity contribution >= 4 is 33.0 Å². The van der Waals surface area contributed by atoms with Crippen LogP contribution in [-0.2, 0) is 6.54 Å². The lowest BCUT2D eigenvalue weighted by Gasteiger charge is -2.09. The van der Waals surface area contributed by atoms with Gasteiger partial charge >= 0.3 is 0 Å². The van der Waals surface area contributed by atoms with Crippen LogP contribution in [0, 0.1) is 6.92 Å². The van der Waals surface area contributed by atoms with E-state index in [-0.39, 0.29) is 0 Å². The second-order valence-electron chi connectivity index (χ2n) is 3.42. The monoisotopic (exact) mass is 281 g/mol. The van der Waals surface area contributed by atoms with Gasteiger partial charge in [0.05, 0.1) is 0 Å². The molecule has 0 amide bonds. The summed E-state index contributed by atoms with van der Waals surface area (Å²) in [6, 6.07) is 8.39. The molecule has 15 heavy (non-hydrogen) atoms. The summed E-state index contributed by atoms with van der Waals surface area (Å²) in [5.41, 5.74) is 3.74. The molecule has 0 aliphatic carbocycles. The van der Waals surface area contributed by atoms with Gasteiger partial charge in [-0.05, 0) is 56.9 Å². The molecular weight excluding hydrogens is 270 g/mol. The Morgan fingerprint density at radius 2 is 2.20 bits per heavy atom. The minimum absolute atomic E-state index is 0.881. The van der Waals surface area contributed by atoms with Crippen molar-refractivity contribution in [2.75, 3.05) is 5.32 Å².